The third kappa shape index (κ3) is 2.43. The molecule has 0 radical (unpaired) electrons. The van der Waals surface area contributed by atoms with Crippen molar-refractivity contribution in [2.45, 2.75) is 19.8 Å². The molecule has 0 amide bonds. The summed E-state index contributed by atoms with van der Waals surface area (Å²) in [4.78, 5) is 4.71. The molecule has 0 aliphatic rings. The second kappa shape index (κ2) is 5.34. The van der Waals surface area contributed by atoms with Crippen LogP contribution in [0.15, 0.2) is 18.2 Å². The van der Waals surface area contributed by atoms with Crippen molar-refractivity contribution < 1.29 is 9.47 Å². The lowest BCUT2D eigenvalue weighted by Crippen LogP contribution is -2.00. The Kier molecular flexibility index (Phi) is 3.79. The van der Waals surface area contributed by atoms with Gasteiger partial charge in [0, 0.05) is 29.9 Å². The van der Waals surface area contributed by atoms with E-state index in [-0.39, 0.29) is 0 Å². The van der Waals surface area contributed by atoms with Gasteiger partial charge in [-0.05, 0) is 18.1 Å². The molecule has 1 N–H and O–H groups in total. The maximum absolute atomic E-state index is 5.43. The number of fused-ring (bicyclic) bond motifs is 1. The first kappa shape index (κ1) is 13.5. The number of aromatic nitrogens is 1. The minimum atomic E-state index is 0.364. The van der Waals surface area contributed by atoms with Crippen LogP contribution in [0, 0.1) is 0 Å². The van der Waals surface area contributed by atoms with Gasteiger partial charge in [-0.25, -0.2) is 4.98 Å². The van der Waals surface area contributed by atoms with E-state index in [9.17, 15) is 0 Å². The van der Waals surface area contributed by atoms with Gasteiger partial charge in [-0.1, -0.05) is 13.8 Å². The highest BCUT2D eigenvalue weighted by Gasteiger charge is 2.13. The Hall–Kier alpha value is -1.97. The third-order valence-electron chi connectivity index (χ3n) is 3.19. The zero-order valence-electron chi connectivity index (χ0n) is 12.1. The standard InChI is InChI=1S/C15H20N2O2/c1-9(2)12-8-13(16-3)11-6-10(18-4)7-14(19-5)15(11)17-12/h6-9H,1-5H3,(H,16,17). The number of hydrogen-bond donors (Lipinski definition) is 1. The van der Waals surface area contributed by atoms with Crippen LogP contribution >= 0.6 is 0 Å². The predicted molar refractivity (Wildman–Crippen MR) is 78.5 cm³/mol. The maximum atomic E-state index is 5.43. The summed E-state index contributed by atoms with van der Waals surface area (Å²) in [7, 11) is 5.21. The molecule has 19 heavy (non-hydrogen) atoms. The summed E-state index contributed by atoms with van der Waals surface area (Å²) in [5.74, 6) is 1.86. The molecule has 1 aromatic carbocycles. The van der Waals surface area contributed by atoms with Crippen molar-refractivity contribution in [3.63, 3.8) is 0 Å². The Morgan fingerprint density at radius 2 is 1.84 bits per heavy atom. The summed E-state index contributed by atoms with van der Waals surface area (Å²) in [5, 5.41) is 4.22. The predicted octanol–water partition coefficient (Wildman–Crippen LogP) is 3.42. The molecule has 0 aliphatic heterocycles. The summed E-state index contributed by atoms with van der Waals surface area (Å²) < 4.78 is 10.7. The van der Waals surface area contributed by atoms with E-state index in [1.54, 1.807) is 14.2 Å². The molecular weight excluding hydrogens is 240 g/mol. The summed E-state index contributed by atoms with van der Waals surface area (Å²) in [6.07, 6.45) is 0. The molecule has 0 saturated carbocycles. The number of pyridine rings is 1. The Bertz CT molecular complexity index is 594. The van der Waals surface area contributed by atoms with E-state index in [0.717, 1.165) is 33.8 Å². The van der Waals surface area contributed by atoms with Gasteiger partial charge in [-0.3, -0.25) is 0 Å². The van der Waals surface area contributed by atoms with Crippen molar-refractivity contribution in [1.82, 2.24) is 4.98 Å². The van der Waals surface area contributed by atoms with Crippen molar-refractivity contribution in [3.05, 3.63) is 23.9 Å². The molecule has 0 spiro atoms. The maximum Gasteiger partial charge on any atom is 0.148 e. The van der Waals surface area contributed by atoms with Crippen LogP contribution in [0.3, 0.4) is 0 Å². The van der Waals surface area contributed by atoms with Crippen LogP contribution in [0.4, 0.5) is 5.69 Å². The Morgan fingerprint density at radius 3 is 2.37 bits per heavy atom. The largest absolute Gasteiger partial charge is 0.497 e. The summed E-state index contributed by atoms with van der Waals surface area (Å²) in [6.45, 7) is 4.26. The first-order chi connectivity index (χ1) is 9.10. The fraction of sp³-hybridized carbons (Fsp3) is 0.400. The third-order valence-corrected chi connectivity index (χ3v) is 3.19. The summed E-state index contributed by atoms with van der Waals surface area (Å²) >= 11 is 0. The second-order valence-corrected chi connectivity index (χ2v) is 4.73. The lowest BCUT2D eigenvalue weighted by molar-refractivity contribution is 0.397. The fourth-order valence-corrected chi connectivity index (χ4v) is 2.07. The Morgan fingerprint density at radius 1 is 1.11 bits per heavy atom. The van der Waals surface area contributed by atoms with Gasteiger partial charge in [0.15, 0.2) is 0 Å². The van der Waals surface area contributed by atoms with Gasteiger partial charge in [-0.15, -0.1) is 0 Å². The van der Waals surface area contributed by atoms with Gasteiger partial charge >= 0.3 is 0 Å². The average Bonchev–Trinajstić information content (AvgIpc) is 2.44. The zero-order valence-corrected chi connectivity index (χ0v) is 12.1. The summed E-state index contributed by atoms with van der Waals surface area (Å²) in [6, 6.07) is 5.91. The second-order valence-electron chi connectivity index (χ2n) is 4.73. The highest BCUT2D eigenvalue weighted by molar-refractivity contribution is 5.96. The molecular formula is C15H20N2O2. The average molecular weight is 260 g/mol. The molecule has 0 unspecified atom stereocenters. The first-order valence-corrected chi connectivity index (χ1v) is 6.35. The first-order valence-electron chi connectivity index (χ1n) is 6.35. The molecule has 4 heteroatoms. The van der Waals surface area contributed by atoms with E-state index >= 15 is 0 Å². The lowest BCUT2D eigenvalue weighted by atomic mass is 10.1. The number of rotatable bonds is 4. The monoisotopic (exact) mass is 260 g/mol. The van der Waals surface area contributed by atoms with Crippen LogP contribution in [-0.4, -0.2) is 26.3 Å². The topological polar surface area (TPSA) is 43.4 Å². The zero-order chi connectivity index (χ0) is 14.0. The van der Waals surface area contributed by atoms with Gasteiger partial charge in [0.25, 0.3) is 0 Å². The van der Waals surface area contributed by atoms with E-state index in [2.05, 4.69) is 25.2 Å². The highest BCUT2D eigenvalue weighted by Crippen LogP contribution is 2.35. The highest BCUT2D eigenvalue weighted by atomic mass is 16.5. The Balaban J connectivity index is 2.80. The van der Waals surface area contributed by atoms with Crippen molar-refractivity contribution in [1.29, 1.82) is 0 Å². The smallest absolute Gasteiger partial charge is 0.148 e. The van der Waals surface area contributed by atoms with Crippen LogP contribution in [-0.2, 0) is 0 Å². The lowest BCUT2D eigenvalue weighted by Gasteiger charge is -2.14. The SMILES string of the molecule is CNc1cc(C(C)C)nc2c(OC)cc(OC)cc12. The van der Waals surface area contributed by atoms with Gasteiger partial charge in [0.05, 0.1) is 14.2 Å². The van der Waals surface area contributed by atoms with Crippen molar-refractivity contribution in [3.8, 4) is 11.5 Å². The number of hydrogen-bond acceptors (Lipinski definition) is 4. The number of methoxy groups -OCH3 is 2. The molecule has 0 aliphatic carbocycles. The van der Waals surface area contributed by atoms with Crippen LogP contribution in [0.1, 0.15) is 25.5 Å². The number of benzene rings is 1. The summed E-state index contributed by atoms with van der Waals surface area (Å²) in [5.41, 5.74) is 2.94. The molecule has 0 bridgehead atoms. The number of ether oxygens (including phenoxy) is 2. The number of nitrogens with one attached hydrogen (secondary N) is 1. The molecule has 2 aromatic rings. The molecule has 1 aromatic heterocycles. The molecule has 102 valence electrons. The van der Waals surface area contributed by atoms with Gasteiger partial charge in [0.1, 0.15) is 17.0 Å². The van der Waals surface area contributed by atoms with Crippen LogP contribution < -0.4 is 14.8 Å². The van der Waals surface area contributed by atoms with Crippen LogP contribution in [0.2, 0.25) is 0 Å². The van der Waals surface area contributed by atoms with Crippen LogP contribution in [0.5, 0.6) is 11.5 Å². The minimum Gasteiger partial charge on any atom is -0.497 e. The van der Waals surface area contributed by atoms with E-state index in [4.69, 9.17) is 14.5 Å². The van der Waals surface area contributed by atoms with Crippen molar-refractivity contribution in [2.24, 2.45) is 0 Å². The van der Waals surface area contributed by atoms with E-state index in [1.807, 2.05) is 19.2 Å². The molecule has 4 nitrogen and oxygen atoms in total. The minimum absolute atomic E-state index is 0.364. The van der Waals surface area contributed by atoms with E-state index in [0.29, 0.717) is 5.92 Å². The molecule has 0 saturated heterocycles. The molecule has 0 atom stereocenters. The quantitative estimate of drug-likeness (QED) is 0.914. The molecule has 2 rings (SSSR count). The fourth-order valence-electron chi connectivity index (χ4n) is 2.07. The van der Waals surface area contributed by atoms with Gasteiger partial charge in [-0.2, -0.15) is 0 Å². The number of anilines is 1. The van der Waals surface area contributed by atoms with Crippen LogP contribution in [0.25, 0.3) is 10.9 Å². The molecule has 0 fully saturated rings. The van der Waals surface area contributed by atoms with Gasteiger partial charge < -0.3 is 14.8 Å². The van der Waals surface area contributed by atoms with Crippen molar-refractivity contribution >= 4 is 16.6 Å². The Labute approximate surface area is 113 Å². The normalized spacial score (nSPS) is 10.8. The number of nitrogens with zero attached hydrogens (tertiary/aromatic N) is 1. The molecule has 1 heterocycles. The van der Waals surface area contributed by atoms with Gasteiger partial charge in [0.2, 0.25) is 0 Å². The van der Waals surface area contributed by atoms with Crippen molar-refractivity contribution in [2.75, 3.05) is 26.6 Å². The van der Waals surface area contributed by atoms with E-state index in [1.165, 1.54) is 0 Å². The van der Waals surface area contributed by atoms with E-state index < -0.39 is 0 Å².